The van der Waals surface area contributed by atoms with Crippen molar-refractivity contribution >= 4 is 91.2 Å². The SMILES string of the molecule is O=C1NC(c2cnc(-c3ccc(-c4cccs4)s3)s2)=C2C(=O)NC(c3cnc(-c4ccc(-c5cccs5)s4)s3)=C12. The van der Waals surface area contributed by atoms with Gasteiger partial charge in [0.25, 0.3) is 11.8 Å². The highest BCUT2D eigenvalue weighted by molar-refractivity contribution is 7.27. The lowest BCUT2D eigenvalue weighted by Crippen LogP contribution is -2.20. The zero-order valence-electron chi connectivity index (χ0n) is 20.1. The van der Waals surface area contributed by atoms with Crippen LogP contribution >= 0.6 is 68.0 Å². The highest BCUT2D eigenvalue weighted by atomic mass is 32.1. The van der Waals surface area contributed by atoms with Gasteiger partial charge in [0.05, 0.1) is 42.0 Å². The third-order valence-corrected chi connectivity index (χ3v) is 13.0. The maximum absolute atomic E-state index is 13.2. The van der Waals surface area contributed by atoms with Gasteiger partial charge in [-0.2, -0.15) is 0 Å². The van der Waals surface area contributed by atoms with Gasteiger partial charge in [0.1, 0.15) is 10.0 Å². The number of hydrogen-bond donors (Lipinski definition) is 2. The molecule has 0 aromatic carbocycles. The van der Waals surface area contributed by atoms with Gasteiger partial charge in [-0.3, -0.25) is 9.59 Å². The van der Waals surface area contributed by atoms with Gasteiger partial charge in [-0.15, -0.1) is 68.0 Å². The van der Waals surface area contributed by atoms with Gasteiger partial charge >= 0.3 is 0 Å². The number of fused-ring (bicyclic) bond motifs is 1. The van der Waals surface area contributed by atoms with Crippen LogP contribution in [0.4, 0.5) is 0 Å². The van der Waals surface area contributed by atoms with E-state index < -0.39 is 0 Å². The Hall–Kier alpha value is -3.52. The quantitative estimate of drug-likeness (QED) is 0.196. The Labute approximate surface area is 251 Å². The second-order valence-corrected chi connectivity index (χ2v) is 14.9. The van der Waals surface area contributed by atoms with Gasteiger partial charge in [0, 0.05) is 31.9 Å². The Morgan fingerprint density at radius 1 is 0.500 bits per heavy atom. The van der Waals surface area contributed by atoms with Crippen LogP contribution in [-0.2, 0) is 9.59 Å². The molecule has 0 saturated carbocycles. The summed E-state index contributed by atoms with van der Waals surface area (Å²) in [5, 5.41) is 11.7. The molecule has 194 valence electrons. The molecular formula is C28H14N4O2S6. The molecule has 2 aliphatic heterocycles. The summed E-state index contributed by atoms with van der Waals surface area (Å²) in [4.78, 5) is 44.0. The Morgan fingerprint density at radius 2 is 0.950 bits per heavy atom. The van der Waals surface area contributed by atoms with Crippen LogP contribution in [0.15, 0.2) is 82.8 Å². The number of amides is 2. The second-order valence-electron chi connectivity index (χ2n) is 8.75. The molecule has 0 radical (unpaired) electrons. The number of nitrogens with zero attached hydrogens (tertiary/aromatic N) is 2. The van der Waals surface area contributed by atoms with E-state index in [2.05, 4.69) is 67.8 Å². The largest absolute Gasteiger partial charge is 0.320 e. The fraction of sp³-hybridized carbons (Fsp3) is 0. The number of carbonyl (C=O) groups excluding carboxylic acids is 2. The van der Waals surface area contributed by atoms with E-state index in [1.807, 2.05) is 12.1 Å². The summed E-state index contributed by atoms with van der Waals surface area (Å²) in [6.07, 6.45) is 3.46. The average Bonchev–Trinajstić information content (AvgIpc) is 3.82. The maximum Gasteiger partial charge on any atom is 0.258 e. The molecule has 8 rings (SSSR count). The molecule has 6 nitrogen and oxygen atoms in total. The van der Waals surface area contributed by atoms with Crippen molar-refractivity contribution in [2.45, 2.75) is 0 Å². The molecule has 12 heteroatoms. The second kappa shape index (κ2) is 9.54. The maximum atomic E-state index is 13.2. The Morgan fingerprint density at radius 3 is 1.38 bits per heavy atom. The minimum absolute atomic E-state index is 0.296. The fourth-order valence-electron chi connectivity index (χ4n) is 4.57. The Kier molecular flexibility index (Phi) is 5.80. The predicted octanol–water partition coefficient (Wildman–Crippen LogP) is 7.90. The zero-order valence-corrected chi connectivity index (χ0v) is 25.0. The third kappa shape index (κ3) is 3.99. The summed E-state index contributed by atoms with van der Waals surface area (Å²) < 4.78 is 0. The zero-order chi connectivity index (χ0) is 26.8. The van der Waals surface area contributed by atoms with E-state index in [0.29, 0.717) is 22.5 Å². The monoisotopic (exact) mass is 630 g/mol. The first-order valence-corrected chi connectivity index (χ1v) is 17.0. The van der Waals surface area contributed by atoms with Crippen LogP contribution in [0.2, 0.25) is 0 Å². The van der Waals surface area contributed by atoms with Gasteiger partial charge in [-0.25, -0.2) is 9.97 Å². The van der Waals surface area contributed by atoms with E-state index in [-0.39, 0.29) is 11.8 Å². The van der Waals surface area contributed by atoms with Crippen molar-refractivity contribution in [3.63, 3.8) is 0 Å². The van der Waals surface area contributed by atoms with Crippen LogP contribution in [0.1, 0.15) is 9.75 Å². The molecule has 0 aliphatic carbocycles. The molecule has 2 N–H and O–H groups in total. The van der Waals surface area contributed by atoms with E-state index in [4.69, 9.17) is 0 Å². The Balaban J connectivity index is 1.12. The predicted molar refractivity (Wildman–Crippen MR) is 168 cm³/mol. The summed E-state index contributed by atoms with van der Waals surface area (Å²) in [7, 11) is 0. The minimum Gasteiger partial charge on any atom is -0.320 e. The number of carbonyl (C=O) groups is 2. The highest BCUT2D eigenvalue weighted by Gasteiger charge is 2.42. The lowest BCUT2D eigenvalue weighted by molar-refractivity contribution is -0.117. The van der Waals surface area contributed by atoms with Crippen LogP contribution < -0.4 is 10.6 Å². The molecule has 0 fully saturated rings. The lowest BCUT2D eigenvalue weighted by Gasteiger charge is -2.03. The standard InChI is InChI=1S/C28H14N4O2S6/c33-25-21-22(24(32-25)20-12-30-28(40-20)18-8-6-16(38-18)14-4-2-10-36-14)26(34)31-23(21)19-11-29-27(39-19)17-7-5-15(37-17)13-3-1-9-35-13/h1-12H,(H,31,34)(H,32,33). The van der Waals surface area contributed by atoms with Crippen LogP contribution in [0, 0.1) is 0 Å². The fourth-order valence-corrected chi connectivity index (χ4v) is 10.2. The molecule has 0 bridgehead atoms. The number of rotatable bonds is 6. The first-order chi connectivity index (χ1) is 19.6. The highest BCUT2D eigenvalue weighted by Crippen LogP contribution is 2.44. The van der Waals surface area contributed by atoms with Crippen molar-refractivity contribution in [2.75, 3.05) is 0 Å². The smallest absolute Gasteiger partial charge is 0.258 e. The van der Waals surface area contributed by atoms with Crippen molar-refractivity contribution in [1.29, 1.82) is 0 Å². The molecular weight excluding hydrogens is 617 g/mol. The van der Waals surface area contributed by atoms with Gasteiger partial charge in [0.15, 0.2) is 0 Å². The molecule has 0 saturated heterocycles. The first-order valence-electron chi connectivity index (χ1n) is 11.9. The van der Waals surface area contributed by atoms with E-state index in [9.17, 15) is 9.59 Å². The molecule has 0 unspecified atom stereocenters. The molecule has 0 spiro atoms. The number of thiophene rings is 4. The van der Waals surface area contributed by atoms with Crippen molar-refractivity contribution in [2.24, 2.45) is 0 Å². The first kappa shape index (κ1) is 24.3. The lowest BCUT2D eigenvalue weighted by atomic mass is 10.1. The van der Waals surface area contributed by atoms with Crippen LogP contribution in [0.5, 0.6) is 0 Å². The summed E-state index contributed by atoms with van der Waals surface area (Å²) >= 11 is 9.71. The number of aromatic nitrogens is 2. The van der Waals surface area contributed by atoms with Crippen LogP contribution in [0.3, 0.4) is 0 Å². The molecule has 6 aromatic heterocycles. The average molecular weight is 631 g/mol. The van der Waals surface area contributed by atoms with Crippen LogP contribution in [0.25, 0.3) is 50.7 Å². The van der Waals surface area contributed by atoms with E-state index >= 15 is 0 Å². The van der Waals surface area contributed by atoms with Crippen molar-refractivity contribution in [3.05, 3.63) is 92.6 Å². The van der Waals surface area contributed by atoms with Crippen molar-refractivity contribution in [1.82, 2.24) is 20.6 Å². The van der Waals surface area contributed by atoms with E-state index in [0.717, 1.165) is 29.5 Å². The summed E-state index contributed by atoms with van der Waals surface area (Å²) in [6, 6.07) is 16.6. The minimum atomic E-state index is -0.296. The van der Waals surface area contributed by atoms with Gasteiger partial charge in [0.2, 0.25) is 0 Å². The number of hydrogen-bond acceptors (Lipinski definition) is 10. The summed E-state index contributed by atoms with van der Waals surface area (Å²) in [5.74, 6) is -0.592. The van der Waals surface area contributed by atoms with Crippen molar-refractivity contribution < 1.29 is 9.59 Å². The molecule has 2 aliphatic rings. The van der Waals surface area contributed by atoms with Crippen molar-refractivity contribution in [3.8, 4) is 39.3 Å². The van der Waals surface area contributed by atoms with Crippen LogP contribution in [-0.4, -0.2) is 21.8 Å². The van der Waals surface area contributed by atoms with E-state index in [1.54, 1.807) is 57.7 Å². The molecule has 0 atom stereocenters. The normalized spacial score (nSPS) is 14.8. The molecule has 8 heterocycles. The third-order valence-electron chi connectivity index (χ3n) is 6.35. The summed E-state index contributed by atoms with van der Waals surface area (Å²) in [5.41, 5.74) is 1.75. The van der Waals surface area contributed by atoms with Gasteiger partial charge in [-0.1, -0.05) is 12.1 Å². The number of nitrogens with one attached hydrogen (secondary N) is 2. The van der Waals surface area contributed by atoms with Gasteiger partial charge in [-0.05, 0) is 47.2 Å². The molecule has 6 aromatic rings. The molecule has 2 amide bonds. The topological polar surface area (TPSA) is 84.0 Å². The Bertz CT molecular complexity index is 1850. The number of thiazole rings is 2. The van der Waals surface area contributed by atoms with Gasteiger partial charge < -0.3 is 10.6 Å². The summed E-state index contributed by atoms with van der Waals surface area (Å²) in [6.45, 7) is 0. The molecule has 40 heavy (non-hydrogen) atoms. The van der Waals surface area contributed by atoms with E-state index in [1.165, 1.54) is 42.2 Å².